The Bertz CT molecular complexity index is 1640. The first kappa shape index (κ1) is 30.4. The van der Waals surface area contributed by atoms with Gasteiger partial charge in [0.2, 0.25) is 0 Å². The highest BCUT2D eigenvalue weighted by molar-refractivity contribution is 9.10. The van der Waals surface area contributed by atoms with E-state index >= 15 is 0 Å². The Balaban J connectivity index is 1.36. The van der Waals surface area contributed by atoms with Crippen LogP contribution < -0.4 is 9.47 Å². The molecule has 2 aliphatic heterocycles. The molecule has 0 aliphatic carbocycles. The van der Waals surface area contributed by atoms with Crippen LogP contribution >= 0.6 is 27.7 Å². The Hall–Kier alpha value is -4.11. The van der Waals surface area contributed by atoms with Gasteiger partial charge < -0.3 is 19.1 Å². The molecule has 3 aromatic rings. The van der Waals surface area contributed by atoms with Crippen molar-refractivity contribution in [1.29, 1.82) is 5.26 Å². The summed E-state index contributed by atoms with van der Waals surface area (Å²) in [6.07, 6.45) is 1.78. The Morgan fingerprint density at radius 2 is 1.93 bits per heavy atom. The summed E-state index contributed by atoms with van der Waals surface area (Å²) >= 11 is 4.85. The molecule has 0 bridgehead atoms. The van der Waals surface area contributed by atoms with E-state index in [9.17, 15) is 14.9 Å². The lowest BCUT2D eigenvalue weighted by atomic mass is 10.1. The van der Waals surface area contributed by atoms with Gasteiger partial charge in [0.15, 0.2) is 16.7 Å². The smallest absolute Gasteiger partial charge is 0.266 e. The molecular weight excluding hydrogens is 632 g/mol. The molecule has 2 saturated heterocycles. The number of halogens is 1. The molecule has 2 heterocycles. The average Bonchev–Trinajstić information content (AvgIpc) is 3.28. The summed E-state index contributed by atoms with van der Waals surface area (Å²) in [5, 5.41) is 9.91. The fourth-order valence-electron chi connectivity index (χ4n) is 4.55. The third-order valence-electron chi connectivity index (χ3n) is 6.76. The summed E-state index contributed by atoms with van der Waals surface area (Å²) in [6, 6.07) is 20.2. The van der Waals surface area contributed by atoms with Crippen molar-refractivity contribution in [3.63, 3.8) is 0 Å². The van der Waals surface area contributed by atoms with Gasteiger partial charge in [0.05, 0.1) is 46.5 Å². The highest BCUT2D eigenvalue weighted by Crippen LogP contribution is 2.40. The number of amides is 2. The first-order chi connectivity index (χ1) is 20.9. The van der Waals surface area contributed by atoms with Crippen LogP contribution in [0.3, 0.4) is 0 Å². The van der Waals surface area contributed by atoms with Crippen molar-refractivity contribution in [3.8, 4) is 17.6 Å². The standard InChI is InChI=1S/C32H29BrN4O5S/c1-3-41-27-16-21(15-26(33)29(27)42-20-24-8-5-4-7-23(24)19-34)17-28-31(39)36(2)32(43-28)35-25-10-6-9-22(18-25)30(38)37-11-13-40-14-12-37/h4-10,15-18H,3,11-14,20H2,1-2H3/b28-17+,35-32?. The highest BCUT2D eigenvalue weighted by atomic mass is 79.9. The summed E-state index contributed by atoms with van der Waals surface area (Å²) in [5.41, 5.74) is 3.19. The lowest BCUT2D eigenvalue weighted by molar-refractivity contribution is -0.121. The topological polar surface area (TPSA) is 104 Å². The summed E-state index contributed by atoms with van der Waals surface area (Å²) < 4.78 is 18.0. The maximum atomic E-state index is 13.2. The number of hydrogen-bond donors (Lipinski definition) is 0. The SMILES string of the molecule is CCOc1cc(/C=C2/SC(=Nc3cccc(C(=O)N4CCOCC4)c3)N(C)C2=O)cc(Br)c1OCc1ccccc1C#N. The lowest BCUT2D eigenvalue weighted by Gasteiger charge is -2.26. The van der Waals surface area contributed by atoms with Crippen LogP contribution in [0.25, 0.3) is 6.08 Å². The molecule has 5 rings (SSSR count). The fraction of sp³-hybridized carbons (Fsp3) is 0.250. The van der Waals surface area contributed by atoms with E-state index in [1.807, 2.05) is 43.3 Å². The Morgan fingerprint density at radius 1 is 1.14 bits per heavy atom. The van der Waals surface area contributed by atoms with Crippen LogP contribution in [0.15, 0.2) is 75.0 Å². The largest absolute Gasteiger partial charge is 0.490 e. The van der Waals surface area contributed by atoms with Crippen molar-refractivity contribution in [3.05, 3.63) is 92.3 Å². The van der Waals surface area contributed by atoms with Crippen molar-refractivity contribution in [1.82, 2.24) is 9.80 Å². The van der Waals surface area contributed by atoms with Gasteiger partial charge in [-0.25, -0.2) is 4.99 Å². The van der Waals surface area contributed by atoms with Crippen LogP contribution in [-0.4, -0.2) is 66.7 Å². The maximum absolute atomic E-state index is 13.2. The highest BCUT2D eigenvalue weighted by Gasteiger charge is 2.31. The Kier molecular flexibility index (Phi) is 9.82. The van der Waals surface area contributed by atoms with Gasteiger partial charge in [-0.1, -0.05) is 24.3 Å². The summed E-state index contributed by atoms with van der Waals surface area (Å²) in [5.74, 6) is 0.768. The van der Waals surface area contributed by atoms with E-state index in [-0.39, 0.29) is 18.4 Å². The maximum Gasteiger partial charge on any atom is 0.266 e. The minimum absolute atomic E-state index is 0.0631. The van der Waals surface area contributed by atoms with Gasteiger partial charge in [-0.05, 0) is 82.7 Å². The molecule has 0 aromatic heterocycles. The van der Waals surface area contributed by atoms with Gasteiger partial charge in [0.1, 0.15) is 6.61 Å². The number of carbonyl (C=O) groups is 2. The van der Waals surface area contributed by atoms with Gasteiger partial charge in [0.25, 0.3) is 11.8 Å². The number of hydrogen-bond acceptors (Lipinski definition) is 8. The fourth-order valence-corrected chi connectivity index (χ4v) is 6.11. The number of benzene rings is 3. The first-order valence-electron chi connectivity index (χ1n) is 13.7. The van der Waals surface area contributed by atoms with Crippen LogP contribution in [-0.2, 0) is 16.1 Å². The van der Waals surface area contributed by atoms with Gasteiger partial charge in [-0.2, -0.15) is 5.26 Å². The van der Waals surface area contributed by atoms with Crippen LogP contribution in [0.5, 0.6) is 11.5 Å². The molecular formula is C32H29BrN4O5S. The number of likely N-dealkylation sites (N-methyl/N-ethyl adjacent to an activating group) is 1. The minimum Gasteiger partial charge on any atom is -0.490 e. The van der Waals surface area contributed by atoms with E-state index < -0.39 is 0 Å². The van der Waals surface area contributed by atoms with Crippen molar-refractivity contribution >= 4 is 56.4 Å². The molecule has 9 nitrogen and oxygen atoms in total. The van der Waals surface area contributed by atoms with Crippen molar-refractivity contribution in [2.45, 2.75) is 13.5 Å². The summed E-state index contributed by atoms with van der Waals surface area (Å²) in [4.78, 5) is 34.5. The van der Waals surface area contributed by atoms with E-state index in [0.717, 1.165) is 11.1 Å². The van der Waals surface area contributed by atoms with Crippen molar-refractivity contribution < 1.29 is 23.8 Å². The molecule has 0 saturated carbocycles. The van der Waals surface area contributed by atoms with E-state index in [0.29, 0.717) is 75.8 Å². The summed E-state index contributed by atoms with van der Waals surface area (Å²) in [7, 11) is 1.68. The molecule has 2 aliphatic rings. The minimum atomic E-state index is -0.188. The van der Waals surface area contributed by atoms with E-state index in [4.69, 9.17) is 14.2 Å². The number of nitriles is 1. The second-order valence-corrected chi connectivity index (χ2v) is 11.5. The molecule has 43 heavy (non-hydrogen) atoms. The third kappa shape index (κ3) is 7.10. The number of thioether (sulfide) groups is 1. The Morgan fingerprint density at radius 3 is 2.70 bits per heavy atom. The van der Waals surface area contributed by atoms with Crippen molar-refractivity contribution in [2.24, 2.45) is 4.99 Å². The number of morpholine rings is 1. The second kappa shape index (κ2) is 13.9. The number of carbonyl (C=O) groups excluding carboxylic acids is 2. The molecule has 0 atom stereocenters. The van der Waals surface area contributed by atoms with Gasteiger partial charge in [-0.15, -0.1) is 0 Å². The van der Waals surface area contributed by atoms with Gasteiger partial charge in [-0.3, -0.25) is 14.5 Å². The van der Waals surface area contributed by atoms with E-state index in [1.54, 1.807) is 42.3 Å². The molecule has 11 heteroatoms. The molecule has 0 spiro atoms. The first-order valence-corrected chi connectivity index (χ1v) is 15.3. The number of aliphatic imine (C=N–C) groups is 1. The zero-order valence-electron chi connectivity index (χ0n) is 23.7. The molecule has 3 aromatic carbocycles. The normalized spacial score (nSPS) is 16.9. The molecule has 220 valence electrons. The van der Waals surface area contributed by atoms with Gasteiger partial charge >= 0.3 is 0 Å². The molecule has 2 amide bonds. The van der Waals surface area contributed by atoms with E-state index in [2.05, 4.69) is 27.0 Å². The van der Waals surface area contributed by atoms with Crippen LogP contribution in [0.1, 0.15) is 34.0 Å². The number of rotatable bonds is 8. The van der Waals surface area contributed by atoms with Gasteiger partial charge in [0, 0.05) is 31.3 Å². The van der Waals surface area contributed by atoms with Crippen LogP contribution in [0, 0.1) is 11.3 Å². The second-order valence-electron chi connectivity index (χ2n) is 9.64. The number of ether oxygens (including phenoxy) is 3. The quantitative estimate of drug-likeness (QED) is 0.273. The lowest BCUT2D eigenvalue weighted by Crippen LogP contribution is -2.40. The number of nitrogens with zero attached hydrogens (tertiary/aromatic N) is 4. The molecule has 0 radical (unpaired) electrons. The molecule has 0 unspecified atom stereocenters. The van der Waals surface area contributed by atoms with E-state index in [1.165, 1.54) is 16.7 Å². The monoisotopic (exact) mass is 660 g/mol. The van der Waals surface area contributed by atoms with Crippen LogP contribution in [0.4, 0.5) is 5.69 Å². The van der Waals surface area contributed by atoms with Crippen LogP contribution in [0.2, 0.25) is 0 Å². The number of amidine groups is 1. The predicted octanol–water partition coefficient (Wildman–Crippen LogP) is 6.00. The zero-order valence-corrected chi connectivity index (χ0v) is 26.1. The molecule has 0 N–H and O–H groups in total. The Labute approximate surface area is 262 Å². The predicted molar refractivity (Wildman–Crippen MR) is 169 cm³/mol. The third-order valence-corrected chi connectivity index (χ3v) is 8.41. The van der Waals surface area contributed by atoms with Crippen molar-refractivity contribution in [2.75, 3.05) is 40.0 Å². The summed E-state index contributed by atoms with van der Waals surface area (Å²) in [6.45, 7) is 4.66. The zero-order chi connectivity index (χ0) is 30.3. The average molecular weight is 662 g/mol. The molecule has 2 fully saturated rings.